The zero-order valence-corrected chi connectivity index (χ0v) is 22.8. The lowest BCUT2D eigenvalue weighted by atomic mass is 9.75. The minimum Gasteiger partial charge on any atom is -0.462 e. The molecule has 2 aromatic rings. The molecule has 6 nitrogen and oxygen atoms in total. The number of esters is 1. The quantitative estimate of drug-likeness (QED) is 0.235. The third-order valence-corrected chi connectivity index (χ3v) is 7.16. The summed E-state index contributed by atoms with van der Waals surface area (Å²) in [4.78, 5) is 27.1. The molecule has 1 aromatic heterocycles. The highest BCUT2D eigenvalue weighted by molar-refractivity contribution is 7.97. The lowest BCUT2D eigenvalue weighted by Crippen LogP contribution is -2.29. The molecule has 0 saturated carbocycles. The predicted molar refractivity (Wildman–Crippen MR) is 141 cm³/mol. The van der Waals surface area contributed by atoms with E-state index in [-0.39, 0.29) is 29.8 Å². The molecule has 0 amide bonds. The van der Waals surface area contributed by atoms with Crippen molar-refractivity contribution in [3.63, 3.8) is 0 Å². The third kappa shape index (κ3) is 7.21. The van der Waals surface area contributed by atoms with E-state index < -0.39 is 0 Å². The molecule has 0 radical (unpaired) electrons. The van der Waals surface area contributed by atoms with Crippen molar-refractivity contribution in [2.45, 2.75) is 84.8 Å². The van der Waals surface area contributed by atoms with Crippen molar-refractivity contribution >= 4 is 23.7 Å². The van der Waals surface area contributed by atoms with Crippen LogP contribution in [0.2, 0.25) is 0 Å². The number of benzene rings is 1. The van der Waals surface area contributed by atoms with E-state index in [1.807, 2.05) is 37.5 Å². The van der Waals surface area contributed by atoms with E-state index in [0.29, 0.717) is 19.4 Å². The van der Waals surface area contributed by atoms with Gasteiger partial charge in [0.05, 0.1) is 12.7 Å². The predicted octanol–water partition coefficient (Wildman–Crippen LogP) is 5.52. The maximum Gasteiger partial charge on any atom is 0.326 e. The Bertz CT molecular complexity index is 1040. The Labute approximate surface area is 214 Å². The molecular formula is C28H40N2O4S. The molecule has 0 spiro atoms. The van der Waals surface area contributed by atoms with Crippen molar-refractivity contribution < 1.29 is 19.1 Å². The second-order valence-electron chi connectivity index (χ2n) is 10.3. The summed E-state index contributed by atoms with van der Waals surface area (Å²) in [5.41, 5.74) is 4.80. The fourth-order valence-electron chi connectivity index (χ4n) is 4.70. The van der Waals surface area contributed by atoms with Crippen molar-refractivity contribution in [1.29, 1.82) is 0 Å². The van der Waals surface area contributed by atoms with Gasteiger partial charge in [-0.25, -0.2) is 0 Å². The first kappa shape index (κ1) is 27.5. The van der Waals surface area contributed by atoms with E-state index in [9.17, 15) is 9.59 Å². The highest BCUT2D eigenvalue weighted by atomic mass is 32.2. The number of ether oxygens (including phenoxy) is 2. The first-order valence-electron chi connectivity index (χ1n) is 12.6. The highest BCUT2D eigenvalue weighted by Gasteiger charge is 2.37. The van der Waals surface area contributed by atoms with Crippen LogP contribution in [0.3, 0.4) is 0 Å². The van der Waals surface area contributed by atoms with Gasteiger partial charge in [0.25, 0.3) is 0 Å². The molecule has 1 heterocycles. The summed E-state index contributed by atoms with van der Waals surface area (Å²) in [6.45, 7) is 14.4. The highest BCUT2D eigenvalue weighted by Crippen LogP contribution is 2.40. The number of ketones is 1. The Kier molecular flexibility index (Phi) is 9.62. The Hall–Kier alpha value is -2.09. The largest absolute Gasteiger partial charge is 0.462 e. The molecule has 0 unspecified atom stereocenters. The first-order chi connectivity index (χ1) is 16.6. The van der Waals surface area contributed by atoms with Crippen LogP contribution in [0.5, 0.6) is 0 Å². The molecule has 7 heteroatoms. The van der Waals surface area contributed by atoms with E-state index >= 15 is 0 Å². The monoisotopic (exact) mass is 500 g/mol. The van der Waals surface area contributed by atoms with Gasteiger partial charge >= 0.3 is 5.97 Å². The number of Topliss-reactive ketones (excluding diaryl/α,β-unsaturated/α-hetero) is 1. The normalized spacial score (nSPS) is 14.9. The number of hydrogen-bond acceptors (Lipinski definition) is 6. The number of rotatable bonds is 12. The molecule has 0 aliphatic heterocycles. The maximum absolute atomic E-state index is 13.4. The van der Waals surface area contributed by atoms with E-state index in [4.69, 9.17) is 9.47 Å². The van der Waals surface area contributed by atoms with Crippen molar-refractivity contribution in [3.05, 3.63) is 52.3 Å². The molecule has 0 fully saturated rings. The van der Waals surface area contributed by atoms with Crippen molar-refractivity contribution in [1.82, 2.24) is 9.29 Å². The molecule has 3 rings (SSSR count). The number of hydrogen-bond donors (Lipinski definition) is 1. The third-order valence-electron chi connectivity index (χ3n) is 6.19. The fourth-order valence-corrected chi connectivity index (χ4v) is 5.45. The zero-order valence-electron chi connectivity index (χ0n) is 22.0. The van der Waals surface area contributed by atoms with Crippen molar-refractivity contribution in [3.8, 4) is 0 Å². The van der Waals surface area contributed by atoms with Crippen molar-refractivity contribution in [2.24, 2.45) is 5.41 Å². The summed E-state index contributed by atoms with van der Waals surface area (Å²) in [5, 5.41) is 0. The van der Waals surface area contributed by atoms with Crippen molar-refractivity contribution in [2.75, 3.05) is 19.8 Å². The molecular weight excluding hydrogens is 460 g/mol. The lowest BCUT2D eigenvalue weighted by molar-refractivity contribution is -0.148. The Morgan fingerprint density at radius 3 is 2.66 bits per heavy atom. The van der Waals surface area contributed by atoms with Crippen LogP contribution in [-0.4, -0.2) is 42.2 Å². The van der Waals surface area contributed by atoms with Crippen LogP contribution in [-0.2, 0) is 33.7 Å². The van der Waals surface area contributed by atoms with Gasteiger partial charge in [-0.05, 0) is 68.2 Å². The van der Waals surface area contributed by atoms with E-state index in [1.165, 1.54) is 0 Å². The number of carbonyl (C=O) groups excluding carboxylic acids is 2. The van der Waals surface area contributed by atoms with Crippen LogP contribution in [0.1, 0.15) is 80.3 Å². The zero-order chi connectivity index (χ0) is 25.6. The average molecular weight is 501 g/mol. The molecule has 192 valence electrons. The van der Waals surface area contributed by atoms with Crippen LogP contribution < -0.4 is 4.72 Å². The first-order valence-corrected chi connectivity index (χ1v) is 13.4. The van der Waals surface area contributed by atoms with E-state index in [2.05, 4.69) is 37.6 Å². The summed E-state index contributed by atoms with van der Waals surface area (Å²) in [6.07, 6.45) is 2.77. The van der Waals surface area contributed by atoms with Crippen LogP contribution in [0.25, 0.3) is 0 Å². The molecule has 1 N–H and O–H groups in total. The number of nitrogens with one attached hydrogen (secondary N) is 1. The molecule has 0 bridgehead atoms. The molecule has 0 saturated heterocycles. The SMILES string of the molecule is CCCOCCNSc1ccccc1Cc1c2c(n(CC(=O)OC(C)C)c1C)CC(C)(C)CC2=O. The minimum absolute atomic E-state index is 0.130. The van der Waals surface area contributed by atoms with Crippen LogP contribution in [0.15, 0.2) is 29.2 Å². The molecule has 0 atom stereocenters. The second kappa shape index (κ2) is 12.2. The van der Waals surface area contributed by atoms with Gasteiger partial charge in [-0.3, -0.25) is 14.3 Å². The van der Waals surface area contributed by atoms with Gasteiger partial charge in [-0.1, -0.05) is 39.0 Å². The van der Waals surface area contributed by atoms with Gasteiger partial charge in [0.15, 0.2) is 5.78 Å². The smallest absolute Gasteiger partial charge is 0.326 e. The number of nitrogens with zero attached hydrogens (tertiary/aromatic N) is 1. The average Bonchev–Trinajstić information content (AvgIpc) is 3.01. The lowest BCUT2D eigenvalue weighted by Gasteiger charge is -2.30. The van der Waals surface area contributed by atoms with Gasteiger partial charge in [-0.15, -0.1) is 0 Å². The number of aromatic nitrogens is 1. The van der Waals surface area contributed by atoms with Crippen LogP contribution in [0.4, 0.5) is 0 Å². The molecule has 1 aliphatic carbocycles. The van der Waals surface area contributed by atoms with E-state index in [0.717, 1.165) is 59.0 Å². The number of fused-ring (bicyclic) bond motifs is 1. The van der Waals surface area contributed by atoms with Gasteiger partial charge in [0.2, 0.25) is 0 Å². The summed E-state index contributed by atoms with van der Waals surface area (Å²) < 4.78 is 16.4. The Morgan fingerprint density at radius 2 is 1.94 bits per heavy atom. The van der Waals surface area contributed by atoms with E-state index in [1.54, 1.807) is 11.9 Å². The summed E-state index contributed by atoms with van der Waals surface area (Å²) in [6, 6.07) is 8.28. The Balaban J connectivity index is 1.89. The molecule has 1 aliphatic rings. The summed E-state index contributed by atoms with van der Waals surface area (Å²) >= 11 is 1.60. The molecule has 35 heavy (non-hydrogen) atoms. The second-order valence-corrected chi connectivity index (χ2v) is 11.3. The number of carbonyl (C=O) groups is 2. The molecule has 1 aromatic carbocycles. The van der Waals surface area contributed by atoms with Gasteiger partial charge < -0.3 is 14.0 Å². The maximum atomic E-state index is 13.4. The van der Waals surface area contributed by atoms with Gasteiger partial charge in [0, 0.05) is 47.8 Å². The Morgan fingerprint density at radius 1 is 1.20 bits per heavy atom. The fraction of sp³-hybridized carbons (Fsp3) is 0.571. The van der Waals surface area contributed by atoms with Gasteiger partial charge in [-0.2, -0.15) is 0 Å². The van der Waals surface area contributed by atoms with Crippen LogP contribution in [0, 0.1) is 12.3 Å². The minimum atomic E-state index is -0.270. The summed E-state index contributed by atoms with van der Waals surface area (Å²) in [5.74, 6) is -0.101. The summed E-state index contributed by atoms with van der Waals surface area (Å²) in [7, 11) is 0. The topological polar surface area (TPSA) is 69.6 Å². The van der Waals surface area contributed by atoms with Crippen LogP contribution >= 0.6 is 11.9 Å². The standard InChI is InChI=1S/C28H40N2O4S/c1-7-13-33-14-12-29-35-25-11-9-8-10-21(25)15-22-20(4)30(18-26(32)34-19(2)3)23-16-28(5,6)17-24(31)27(22)23/h8-11,19,29H,7,12-18H2,1-6H3. The van der Waals surface area contributed by atoms with Gasteiger partial charge in [0.1, 0.15) is 6.54 Å².